The van der Waals surface area contributed by atoms with Crippen molar-refractivity contribution in [1.29, 1.82) is 0 Å². The molecular weight excluding hydrogens is 392 g/mol. The van der Waals surface area contributed by atoms with E-state index in [1.165, 1.54) is 6.42 Å². The highest BCUT2D eigenvalue weighted by Gasteiger charge is 2.32. The van der Waals surface area contributed by atoms with Gasteiger partial charge in [-0.25, -0.2) is 9.97 Å². The minimum atomic E-state index is -0.136. The van der Waals surface area contributed by atoms with Crippen LogP contribution < -0.4 is 4.74 Å². The Bertz CT molecular complexity index is 938. The molecule has 4 rings (SSSR count). The molecule has 1 aromatic heterocycles. The van der Waals surface area contributed by atoms with Crippen LogP contribution in [0.4, 0.5) is 0 Å². The molecule has 164 valence electrons. The number of nitrogens with zero attached hydrogens (tertiary/aromatic N) is 4. The van der Waals surface area contributed by atoms with Gasteiger partial charge in [0.15, 0.2) is 5.82 Å². The zero-order valence-corrected chi connectivity index (χ0v) is 18.3. The molecule has 2 aromatic rings. The predicted molar refractivity (Wildman–Crippen MR) is 117 cm³/mol. The standard InChI is InChI=1S/C24H30N4O3/c1-17-20(24(30)27-12-4-3-5-13-27)16-25-23(26-17)21-7-6-14-28(21)22(29)15-18-8-10-19(31-2)11-9-18/h8-11,16,21H,3-7,12-15H2,1-2H3/t21-/m1/s1. The highest BCUT2D eigenvalue weighted by molar-refractivity contribution is 5.95. The van der Waals surface area contributed by atoms with Gasteiger partial charge in [-0.1, -0.05) is 12.1 Å². The number of likely N-dealkylation sites (tertiary alicyclic amines) is 2. The van der Waals surface area contributed by atoms with Gasteiger partial charge in [-0.2, -0.15) is 0 Å². The molecule has 2 saturated heterocycles. The Labute approximate surface area is 183 Å². The van der Waals surface area contributed by atoms with Gasteiger partial charge in [0.25, 0.3) is 5.91 Å². The first-order valence-electron chi connectivity index (χ1n) is 11.1. The summed E-state index contributed by atoms with van der Waals surface area (Å²) in [6.45, 7) is 4.17. The summed E-state index contributed by atoms with van der Waals surface area (Å²) in [5, 5.41) is 0. The maximum Gasteiger partial charge on any atom is 0.257 e. The molecule has 0 saturated carbocycles. The second-order valence-electron chi connectivity index (χ2n) is 8.35. The van der Waals surface area contributed by atoms with Gasteiger partial charge in [0, 0.05) is 25.8 Å². The Kier molecular flexibility index (Phi) is 6.49. The number of methoxy groups -OCH3 is 1. The molecule has 7 nitrogen and oxygen atoms in total. The largest absolute Gasteiger partial charge is 0.497 e. The van der Waals surface area contributed by atoms with Gasteiger partial charge in [0.2, 0.25) is 5.91 Å². The molecule has 31 heavy (non-hydrogen) atoms. The lowest BCUT2D eigenvalue weighted by molar-refractivity contribution is -0.131. The van der Waals surface area contributed by atoms with Crippen molar-refractivity contribution in [2.75, 3.05) is 26.7 Å². The van der Waals surface area contributed by atoms with Crippen molar-refractivity contribution in [2.24, 2.45) is 0 Å². The molecule has 1 atom stereocenters. The first kappa shape index (κ1) is 21.3. The van der Waals surface area contributed by atoms with Gasteiger partial charge >= 0.3 is 0 Å². The molecule has 0 radical (unpaired) electrons. The van der Waals surface area contributed by atoms with Crippen molar-refractivity contribution in [2.45, 2.75) is 51.5 Å². The third-order valence-electron chi connectivity index (χ3n) is 6.26. The summed E-state index contributed by atoms with van der Waals surface area (Å²) in [5.74, 6) is 1.50. The van der Waals surface area contributed by atoms with Gasteiger partial charge in [-0.15, -0.1) is 0 Å². The number of hydrogen-bond donors (Lipinski definition) is 0. The summed E-state index contributed by atoms with van der Waals surface area (Å²) >= 11 is 0. The highest BCUT2D eigenvalue weighted by Crippen LogP contribution is 2.31. The monoisotopic (exact) mass is 422 g/mol. The lowest BCUT2D eigenvalue weighted by Gasteiger charge is -2.27. The fourth-order valence-electron chi connectivity index (χ4n) is 4.48. The van der Waals surface area contributed by atoms with Crippen LogP contribution in [-0.4, -0.2) is 58.3 Å². The SMILES string of the molecule is COc1ccc(CC(=O)N2CCC[C@@H]2c2ncc(C(=O)N3CCCCC3)c(C)n2)cc1. The number of hydrogen-bond acceptors (Lipinski definition) is 5. The molecule has 0 bridgehead atoms. The highest BCUT2D eigenvalue weighted by atomic mass is 16.5. The van der Waals surface area contributed by atoms with Crippen LogP contribution in [0.1, 0.15) is 65.6 Å². The number of carbonyl (C=O) groups excluding carboxylic acids is 2. The van der Waals surface area contributed by atoms with Crippen molar-refractivity contribution >= 4 is 11.8 Å². The van der Waals surface area contributed by atoms with Crippen LogP contribution in [0.15, 0.2) is 30.5 Å². The van der Waals surface area contributed by atoms with Crippen molar-refractivity contribution in [3.05, 3.63) is 53.1 Å². The lowest BCUT2D eigenvalue weighted by atomic mass is 10.1. The Morgan fingerprint density at radius 2 is 1.81 bits per heavy atom. The fourth-order valence-corrected chi connectivity index (χ4v) is 4.48. The summed E-state index contributed by atoms with van der Waals surface area (Å²) in [6, 6.07) is 7.44. The van der Waals surface area contributed by atoms with Crippen LogP contribution in [0.2, 0.25) is 0 Å². The second-order valence-corrected chi connectivity index (χ2v) is 8.35. The molecular formula is C24H30N4O3. The Morgan fingerprint density at radius 1 is 1.06 bits per heavy atom. The molecule has 2 fully saturated rings. The van der Waals surface area contributed by atoms with Crippen molar-refractivity contribution in [3.8, 4) is 5.75 Å². The van der Waals surface area contributed by atoms with E-state index >= 15 is 0 Å². The number of piperidine rings is 1. The Morgan fingerprint density at radius 3 is 2.48 bits per heavy atom. The van der Waals surface area contributed by atoms with Crippen LogP contribution >= 0.6 is 0 Å². The quantitative estimate of drug-likeness (QED) is 0.739. The van der Waals surface area contributed by atoms with E-state index in [9.17, 15) is 9.59 Å². The molecule has 3 heterocycles. The Balaban J connectivity index is 1.46. The summed E-state index contributed by atoms with van der Waals surface area (Å²) in [4.78, 5) is 38.8. The molecule has 2 aliphatic rings. The number of ether oxygens (including phenoxy) is 1. The average molecular weight is 423 g/mol. The summed E-state index contributed by atoms with van der Waals surface area (Å²) in [7, 11) is 1.63. The van der Waals surface area contributed by atoms with E-state index in [4.69, 9.17) is 4.74 Å². The first-order chi connectivity index (χ1) is 15.1. The van der Waals surface area contributed by atoms with E-state index < -0.39 is 0 Å². The smallest absolute Gasteiger partial charge is 0.257 e. The predicted octanol–water partition coefficient (Wildman–Crippen LogP) is 3.33. The van der Waals surface area contributed by atoms with Crippen LogP contribution in [-0.2, 0) is 11.2 Å². The van der Waals surface area contributed by atoms with Crippen molar-refractivity contribution < 1.29 is 14.3 Å². The van der Waals surface area contributed by atoms with Crippen molar-refractivity contribution in [1.82, 2.24) is 19.8 Å². The normalized spacial score (nSPS) is 18.8. The minimum absolute atomic E-state index is 0.0163. The minimum Gasteiger partial charge on any atom is -0.497 e. The topological polar surface area (TPSA) is 75.6 Å². The zero-order valence-electron chi connectivity index (χ0n) is 18.3. The van der Waals surface area contributed by atoms with E-state index in [1.807, 2.05) is 41.0 Å². The summed E-state index contributed by atoms with van der Waals surface area (Å²) in [6.07, 6.45) is 7.04. The van der Waals surface area contributed by atoms with E-state index in [2.05, 4.69) is 9.97 Å². The molecule has 0 aliphatic carbocycles. The third-order valence-corrected chi connectivity index (χ3v) is 6.26. The van der Waals surface area contributed by atoms with Crippen LogP contribution in [0.3, 0.4) is 0 Å². The van der Waals surface area contributed by atoms with E-state index in [0.717, 1.165) is 50.1 Å². The van der Waals surface area contributed by atoms with Gasteiger partial charge in [0.1, 0.15) is 5.75 Å². The second kappa shape index (κ2) is 9.45. The maximum absolute atomic E-state index is 13.0. The Hall–Kier alpha value is -2.96. The van der Waals surface area contributed by atoms with Gasteiger partial charge in [-0.05, 0) is 56.7 Å². The number of aryl methyl sites for hydroxylation is 1. The molecule has 2 amide bonds. The number of carbonyl (C=O) groups is 2. The third kappa shape index (κ3) is 4.70. The molecule has 0 N–H and O–H groups in total. The van der Waals surface area contributed by atoms with Crippen molar-refractivity contribution in [3.63, 3.8) is 0 Å². The van der Waals surface area contributed by atoms with E-state index in [0.29, 0.717) is 30.0 Å². The number of aromatic nitrogens is 2. The van der Waals surface area contributed by atoms with Crippen LogP contribution in [0, 0.1) is 6.92 Å². The zero-order chi connectivity index (χ0) is 21.8. The van der Waals surface area contributed by atoms with Crippen LogP contribution in [0.25, 0.3) is 0 Å². The van der Waals surface area contributed by atoms with Crippen LogP contribution in [0.5, 0.6) is 5.75 Å². The first-order valence-corrected chi connectivity index (χ1v) is 11.1. The molecule has 7 heteroatoms. The van der Waals surface area contributed by atoms with E-state index in [1.54, 1.807) is 13.3 Å². The number of rotatable bonds is 5. The fraction of sp³-hybridized carbons (Fsp3) is 0.500. The lowest BCUT2D eigenvalue weighted by Crippen LogP contribution is -2.36. The average Bonchev–Trinajstić information content (AvgIpc) is 3.30. The molecule has 0 unspecified atom stereocenters. The van der Waals surface area contributed by atoms with Gasteiger partial charge in [0.05, 0.1) is 30.8 Å². The molecule has 0 spiro atoms. The summed E-state index contributed by atoms with van der Waals surface area (Å²) < 4.78 is 5.19. The molecule has 2 aliphatic heterocycles. The van der Waals surface area contributed by atoms with Gasteiger partial charge < -0.3 is 14.5 Å². The van der Waals surface area contributed by atoms with E-state index in [-0.39, 0.29) is 17.9 Å². The maximum atomic E-state index is 13.0. The number of benzene rings is 1. The summed E-state index contributed by atoms with van der Waals surface area (Å²) in [5.41, 5.74) is 2.21. The van der Waals surface area contributed by atoms with Gasteiger partial charge in [-0.3, -0.25) is 9.59 Å². The molecule has 1 aromatic carbocycles. The number of amides is 2.